The average Bonchev–Trinajstić information content (AvgIpc) is 2.37. The molecule has 1 N–H and O–H groups in total. The molecule has 0 spiro atoms. The average molecular weight is 314 g/mol. The van der Waals surface area contributed by atoms with Crippen LogP contribution in [-0.2, 0) is 9.53 Å². The Kier molecular flexibility index (Phi) is 5.85. The van der Waals surface area contributed by atoms with E-state index in [1.165, 1.54) is 7.11 Å². The lowest BCUT2D eigenvalue weighted by Gasteiger charge is -2.06. The van der Waals surface area contributed by atoms with Gasteiger partial charge in [-0.2, -0.15) is 0 Å². The summed E-state index contributed by atoms with van der Waals surface area (Å²) in [6, 6.07) is 5.44. The van der Waals surface area contributed by atoms with Crippen LogP contribution in [0.4, 0.5) is 0 Å². The number of methoxy groups -OCH3 is 1. The Labute approximate surface area is 115 Å². The van der Waals surface area contributed by atoms with E-state index in [2.05, 4.69) is 26.0 Å². The number of aryl methyl sites for hydroxylation is 1. The van der Waals surface area contributed by atoms with Crippen molar-refractivity contribution in [1.29, 1.82) is 0 Å². The van der Waals surface area contributed by atoms with Crippen molar-refractivity contribution in [3.8, 4) is 0 Å². The van der Waals surface area contributed by atoms with Crippen molar-refractivity contribution in [2.24, 2.45) is 0 Å². The molecule has 18 heavy (non-hydrogen) atoms. The molecule has 0 bridgehead atoms. The number of hydrogen-bond donors (Lipinski definition) is 1. The van der Waals surface area contributed by atoms with E-state index in [1.54, 1.807) is 12.1 Å². The minimum atomic E-state index is -0.262. The Balaban J connectivity index is 2.41. The molecule has 98 valence electrons. The Morgan fingerprint density at radius 1 is 1.39 bits per heavy atom. The third kappa shape index (κ3) is 4.49. The van der Waals surface area contributed by atoms with Crippen LogP contribution in [0.15, 0.2) is 22.7 Å². The van der Waals surface area contributed by atoms with Gasteiger partial charge < -0.3 is 10.1 Å². The molecule has 4 nitrogen and oxygen atoms in total. The highest BCUT2D eigenvalue weighted by Gasteiger charge is 2.07. The number of carbonyl (C=O) groups excluding carboxylic acids is 2. The number of halogens is 1. The fourth-order valence-electron chi connectivity index (χ4n) is 1.37. The zero-order valence-electron chi connectivity index (χ0n) is 10.5. The molecule has 1 aromatic carbocycles. The van der Waals surface area contributed by atoms with Gasteiger partial charge in [-0.25, -0.2) is 0 Å². The van der Waals surface area contributed by atoms with Crippen molar-refractivity contribution in [2.75, 3.05) is 13.7 Å². The van der Waals surface area contributed by atoms with Gasteiger partial charge in [0.2, 0.25) is 0 Å². The summed E-state index contributed by atoms with van der Waals surface area (Å²) in [6.07, 6.45) is 0.889. The second kappa shape index (κ2) is 7.16. The SMILES string of the molecule is COC(=O)CCCNC(=O)c1ccc(C)c(Br)c1. The van der Waals surface area contributed by atoms with Crippen LogP contribution in [0.2, 0.25) is 0 Å². The van der Waals surface area contributed by atoms with Gasteiger partial charge in [0.1, 0.15) is 0 Å². The Morgan fingerprint density at radius 3 is 2.72 bits per heavy atom. The maximum atomic E-state index is 11.8. The van der Waals surface area contributed by atoms with Gasteiger partial charge in [0.25, 0.3) is 5.91 Å². The predicted molar refractivity (Wildman–Crippen MR) is 72.5 cm³/mol. The first-order valence-corrected chi connectivity index (χ1v) is 6.45. The maximum absolute atomic E-state index is 11.8. The molecule has 1 rings (SSSR count). The van der Waals surface area contributed by atoms with E-state index in [1.807, 2.05) is 13.0 Å². The van der Waals surface area contributed by atoms with E-state index in [0.717, 1.165) is 10.0 Å². The summed E-state index contributed by atoms with van der Waals surface area (Å²) in [5, 5.41) is 2.76. The highest BCUT2D eigenvalue weighted by molar-refractivity contribution is 9.10. The summed E-state index contributed by atoms with van der Waals surface area (Å²) in [7, 11) is 1.35. The van der Waals surface area contributed by atoms with Gasteiger partial charge in [-0.15, -0.1) is 0 Å². The third-order valence-corrected chi connectivity index (χ3v) is 3.36. The fourth-order valence-corrected chi connectivity index (χ4v) is 1.75. The van der Waals surface area contributed by atoms with Crippen LogP contribution >= 0.6 is 15.9 Å². The summed E-state index contributed by atoms with van der Waals surface area (Å²) in [5.41, 5.74) is 1.68. The summed E-state index contributed by atoms with van der Waals surface area (Å²) in [6.45, 7) is 2.42. The lowest BCUT2D eigenvalue weighted by Crippen LogP contribution is -2.25. The Morgan fingerprint density at radius 2 is 2.11 bits per heavy atom. The van der Waals surface area contributed by atoms with Gasteiger partial charge in [-0.05, 0) is 31.0 Å². The molecule has 1 aromatic rings. The van der Waals surface area contributed by atoms with Gasteiger partial charge in [0.15, 0.2) is 0 Å². The third-order valence-electron chi connectivity index (χ3n) is 2.50. The van der Waals surface area contributed by atoms with E-state index >= 15 is 0 Å². The molecule has 0 heterocycles. The summed E-state index contributed by atoms with van der Waals surface area (Å²) in [5.74, 6) is -0.400. The lowest BCUT2D eigenvalue weighted by atomic mass is 10.1. The van der Waals surface area contributed by atoms with Gasteiger partial charge in [0.05, 0.1) is 7.11 Å². The van der Waals surface area contributed by atoms with Crippen molar-refractivity contribution in [3.63, 3.8) is 0 Å². The first-order valence-electron chi connectivity index (χ1n) is 5.65. The highest BCUT2D eigenvalue weighted by atomic mass is 79.9. The molecule has 0 aliphatic rings. The molecular formula is C13H16BrNO3. The van der Waals surface area contributed by atoms with Crippen LogP contribution in [0.3, 0.4) is 0 Å². The Bertz CT molecular complexity index is 446. The standard InChI is InChI=1S/C13H16BrNO3/c1-9-5-6-10(8-11(9)14)13(17)15-7-3-4-12(16)18-2/h5-6,8H,3-4,7H2,1-2H3,(H,15,17). The van der Waals surface area contributed by atoms with Crippen LogP contribution in [0.1, 0.15) is 28.8 Å². The van der Waals surface area contributed by atoms with Gasteiger partial charge >= 0.3 is 5.97 Å². The first-order chi connectivity index (χ1) is 8.54. The van der Waals surface area contributed by atoms with Crippen LogP contribution in [0, 0.1) is 6.92 Å². The van der Waals surface area contributed by atoms with E-state index in [9.17, 15) is 9.59 Å². The predicted octanol–water partition coefficient (Wildman–Crippen LogP) is 2.44. The van der Waals surface area contributed by atoms with Crippen LogP contribution in [0.5, 0.6) is 0 Å². The molecule has 0 saturated heterocycles. The minimum absolute atomic E-state index is 0.138. The van der Waals surface area contributed by atoms with Gasteiger partial charge in [-0.1, -0.05) is 22.0 Å². The number of carbonyl (C=O) groups is 2. The van der Waals surface area contributed by atoms with Crippen LogP contribution in [0.25, 0.3) is 0 Å². The first kappa shape index (κ1) is 14.7. The number of nitrogens with one attached hydrogen (secondary N) is 1. The molecular weight excluding hydrogens is 298 g/mol. The highest BCUT2D eigenvalue weighted by Crippen LogP contribution is 2.17. The van der Waals surface area contributed by atoms with Gasteiger partial charge in [0, 0.05) is 23.0 Å². The second-order valence-electron chi connectivity index (χ2n) is 3.90. The zero-order valence-corrected chi connectivity index (χ0v) is 12.0. The topological polar surface area (TPSA) is 55.4 Å². The molecule has 0 aromatic heterocycles. The van der Waals surface area contributed by atoms with E-state index in [-0.39, 0.29) is 11.9 Å². The molecule has 0 fully saturated rings. The number of esters is 1. The van der Waals surface area contributed by atoms with Crippen molar-refractivity contribution in [1.82, 2.24) is 5.32 Å². The van der Waals surface area contributed by atoms with E-state index in [0.29, 0.717) is 24.9 Å². The number of amides is 1. The quantitative estimate of drug-likeness (QED) is 0.671. The smallest absolute Gasteiger partial charge is 0.305 e. The second-order valence-corrected chi connectivity index (χ2v) is 4.75. The lowest BCUT2D eigenvalue weighted by molar-refractivity contribution is -0.140. The molecule has 0 saturated carbocycles. The van der Waals surface area contributed by atoms with Crippen LogP contribution < -0.4 is 5.32 Å². The molecule has 0 radical (unpaired) electrons. The van der Waals surface area contributed by atoms with Crippen molar-refractivity contribution < 1.29 is 14.3 Å². The van der Waals surface area contributed by atoms with E-state index < -0.39 is 0 Å². The maximum Gasteiger partial charge on any atom is 0.305 e. The molecule has 0 unspecified atom stereocenters. The van der Waals surface area contributed by atoms with E-state index in [4.69, 9.17) is 0 Å². The number of hydrogen-bond acceptors (Lipinski definition) is 3. The van der Waals surface area contributed by atoms with Crippen LogP contribution in [-0.4, -0.2) is 25.5 Å². The molecule has 0 aliphatic carbocycles. The molecule has 0 atom stereocenters. The summed E-state index contributed by atoms with van der Waals surface area (Å²) in [4.78, 5) is 22.6. The fraction of sp³-hybridized carbons (Fsp3) is 0.385. The summed E-state index contributed by atoms with van der Waals surface area (Å²) < 4.78 is 5.42. The van der Waals surface area contributed by atoms with Crippen molar-refractivity contribution in [3.05, 3.63) is 33.8 Å². The minimum Gasteiger partial charge on any atom is -0.469 e. The number of benzene rings is 1. The largest absolute Gasteiger partial charge is 0.469 e. The number of rotatable bonds is 5. The van der Waals surface area contributed by atoms with Gasteiger partial charge in [-0.3, -0.25) is 9.59 Å². The molecule has 1 amide bonds. The van der Waals surface area contributed by atoms with Crippen molar-refractivity contribution >= 4 is 27.8 Å². The normalized spacial score (nSPS) is 9.94. The molecule has 0 aliphatic heterocycles. The Hall–Kier alpha value is -1.36. The zero-order chi connectivity index (χ0) is 13.5. The number of ether oxygens (including phenoxy) is 1. The van der Waals surface area contributed by atoms with Crippen molar-refractivity contribution in [2.45, 2.75) is 19.8 Å². The summed E-state index contributed by atoms with van der Waals surface area (Å²) >= 11 is 3.38. The monoisotopic (exact) mass is 313 g/mol. The molecule has 5 heteroatoms.